The van der Waals surface area contributed by atoms with Gasteiger partial charge in [-0.15, -0.1) is 0 Å². The smallest absolute Gasteiger partial charge is 0.396 e. The van der Waals surface area contributed by atoms with E-state index in [1.165, 1.54) is 0 Å². The molecule has 1 aromatic rings. The van der Waals surface area contributed by atoms with Crippen molar-refractivity contribution in [1.82, 2.24) is 4.98 Å². The van der Waals surface area contributed by atoms with Crippen LogP contribution in [-0.2, 0) is 6.18 Å². The molecule has 0 aliphatic carbocycles. The molecular formula is C7H4ClF5N2. The average Bonchev–Trinajstić information content (AvgIpc) is 2.06. The summed E-state index contributed by atoms with van der Waals surface area (Å²) in [6, 6.07) is 0. The van der Waals surface area contributed by atoms with Crippen molar-refractivity contribution in [1.29, 1.82) is 0 Å². The zero-order valence-electron chi connectivity index (χ0n) is 6.95. The molecule has 1 rings (SSSR count). The molecule has 0 bridgehead atoms. The number of hydrogen-bond acceptors (Lipinski definition) is 2. The van der Waals surface area contributed by atoms with Crippen LogP contribution in [0.3, 0.4) is 0 Å². The molecule has 8 heteroatoms. The van der Waals surface area contributed by atoms with E-state index in [0.29, 0.717) is 0 Å². The van der Waals surface area contributed by atoms with Crippen molar-refractivity contribution in [3.05, 3.63) is 22.5 Å². The molecule has 0 spiro atoms. The third kappa shape index (κ3) is 2.28. The zero-order chi connectivity index (χ0) is 11.8. The van der Waals surface area contributed by atoms with Crippen LogP contribution >= 0.6 is 11.6 Å². The summed E-state index contributed by atoms with van der Waals surface area (Å²) in [5.41, 5.74) is 1.26. The molecule has 2 nitrogen and oxygen atoms in total. The van der Waals surface area contributed by atoms with E-state index in [0.717, 1.165) is 0 Å². The topological polar surface area (TPSA) is 38.9 Å². The van der Waals surface area contributed by atoms with Crippen LogP contribution in [-0.4, -0.2) is 4.98 Å². The first-order chi connectivity index (χ1) is 6.75. The first-order valence-electron chi connectivity index (χ1n) is 3.54. The van der Waals surface area contributed by atoms with E-state index >= 15 is 0 Å². The lowest BCUT2D eigenvalue weighted by atomic mass is 10.1. The predicted molar refractivity (Wildman–Crippen MR) is 43.6 cm³/mol. The first-order valence-corrected chi connectivity index (χ1v) is 3.92. The largest absolute Gasteiger partial charge is 0.418 e. The van der Waals surface area contributed by atoms with Crippen molar-refractivity contribution in [3.63, 3.8) is 0 Å². The highest BCUT2D eigenvalue weighted by molar-refractivity contribution is 6.32. The Morgan fingerprint density at radius 1 is 1.33 bits per heavy atom. The van der Waals surface area contributed by atoms with Crippen molar-refractivity contribution >= 4 is 17.3 Å². The summed E-state index contributed by atoms with van der Waals surface area (Å²) >= 11 is 5.24. The van der Waals surface area contributed by atoms with Gasteiger partial charge >= 0.3 is 6.18 Å². The molecule has 0 amide bonds. The quantitative estimate of drug-likeness (QED) is 0.610. The fourth-order valence-corrected chi connectivity index (χ4v) is 1.13. The summed E-state index contributed by atoms with van der Waals surface area (Å²) in [5, 5.41) is -0.571. The van der Waals surface area contributed by atoms with Gasteiger partial charge in [0.2, 0.25) is 0 Å². The lowest BCUT2D eigenvalue weighted by Gasteiger charge is -2.14. The van der Waals surface area contributed by atoms with Crippen molar-refractivity contribution in [2.45, 2.75) is 12.6 Å². The van der Waals surface area contributed by atoms with Crippen LogP contribution in [0.5, 0.6) is 0 Å². The Morgan fingerprint density at radius 3 is 2.27 bits per heavy atom. The van der Waals surface area contributed by atoms with E-state index in [1.54, 1.807) is 0 Å². The predicted octanol–water partition coefficient (Wildman–Crippen LogP) is 3.27. The highest BCUT2D eigenvalue weighted by atomic mass is 35.5. The van der Waals surface area contributed by atoms with Gasteiger partial charge in [0.1, 0.15) is 0 Å². The van der Waals surface area contributed by atoms with Gasteiger partial charge in [-0.05, 0) is 0 Å². The molecule has 1 aromatic heterocycles. The van der Waals surface area contributed by atoms with Crippen LogP contribution in [0.15, 0.2) is 6.20 Å². The van der Waals surface area contributed by atoms with Gasteiger partial charge in [0, 0.05) is 6.20 Å². The van der Waals surface area contributed by atoms with E-state index in [-0.39, 0.29) is 6.20 Å². The van der Waals surface area contributed by atoms with Gasteiger partial charge in [-0.25, -0.2) is 13.8 Å². The normalized spacial score (nSPS) is 12.2. The van der Waals surface area contributed by atoms with Gasteiger partial charge in [0.25, 0.3) is 6.43 Å². The number of aromatic nitrogens is 1. The molecule has 0 saturated heterocycles. The molecule has 0 saturated carbocycles. The minimum Gasteiger partial charge on any atom is -0.396 e. The van der Waals surface area contributed by atoms with Crippen LogP contribution in [0.1, 0.15) is 17.6 Å². The van der Waals surface area contributed by atoms with Gasteiger partial charge < -0.3 is 5.73 Å². The monoisotopic (exact) mass is 246 g/mol. The van der Waals surface area contributed by atoms with Crippen LogP contribution in [0.25, 0.3) is 0 Å². The van der Waals surface area contributed by atoms with Crippen LogP contribution < -0.4 is 5.73 Å². The second kappa shape index (κ2) is 3.80. The number of nitrogen functional groups attached to an aromatic ring is 1. The minimum absolute atomic E-state index is 0.236. The van der Waals surface area contributed by atoms with E-state index in [1.807, 2.05) is 0 Å². The third-order valence-electron chi connectivity index (χ3n) is 1.63. The summed E-state index contributed by atoms with van der Waals surface area (Å²) < 4.78 is 61.4. The summed E-state index contributed by atoms with van der Waals surface area (Å²) in [4.78, 5) is 3.08. The third-order valence-corrected chi connectivity index (χ3v) is 1.93. The molecular weight excluding hydrogens is 243 g/mol. The van der Waals surface area contributed by atoms with E-state index in [4.69, 9.17) is 17.3 Å². The molecule has 2 N–H and O–H groups in total. The van der Waals surface area contributed by atoms with Gasteiger partial charge in [-0.2, -0.15) is 13.2 Å². The van der Waals surface area contributed by atoms with E-state index in [9.17, 15) is 22.0 Å². The molecule has 1 heterocycles. The highest BCUT2D eigenvalue weighted by Crippen LogP contribution is 2.40. The molecule has 0 radical (unpaired) electrons. The Labute approximate surface area is 85.9 Å². The summed E-state index contributed by atoms with van der Waals surface area (Å²) in [6.45, 7) is 0. The molecule has 0 fully saturated rings. The van der Waals surface area contributed by atoms with Gasteiger partial charge in [-0.1, -0.05) is 11.6 Å². The van der Waals surface area contributed by atoms with Crippen LogP contribution in [0.2, 0.25) is 5.15 Å². The number of pyridine rings is 1. The molecule has 0 atom stereocenters. The Kier molecular flexibility index (Phi) is 3.03. The van der Waals surface area contributed by atoms with Crippen molar-refractivity contribution in [3.8, 4) is 0 Å². The molecule has 15 heavy (non-hydrogen) atoms. The molecule has 0 aromatic carbocycles. The van der Waals surface area contributed by atoms with Crippen LogP contribution in [0.4, 0.5) is 27.6 Å². The van der Waals surface area contributed by atoms with Crippen molar-refractivity contribution < 1.29 is 22.0 Å². The summed E-state index contributed by atoms with van der Waals surface area (Å²) in [5.74, 6) is 0. The number of rotatable bonds is 1. The summed E-state index contributed by atoms with van der Waals surface area (Å²) in [6.07, 6.45) is -8.06. The van der Waals surface area contributed by atoms with Crippen molar-refractivity contribution in [2.75, 3.05) is 5.73 Å². The standard InChI is InChI=1S/C7H4ClF5N2/c8-5-4(14)3(6(9)10)2(1-15-5)7(11,12)13/h1,6H,14H2. The molecule has 84 valence electrons. The van der Waals surface area contributed by atoms with E-state index < -0.39 is 34.6 Å². The number of hydrogen-bond donors (Lipinski definition) is 1. The fourth-order valence-electron chi connectivity index (χ4n) is 0.978. The summed E-state index contributed by atoms with van der Waals surface area (Å²) in [7, 11) is 0. The van der Waals surface area contributed by atoms with Gasteiger partial charge in [0.05, 0.1) is 16.8 Å². The Morgan fingerprint density at radius 2 is 1.87 bits per heavy atom. The first kappa shape index (κ1) is 12.0. The molecule has 0 unspecified atom stereocenters. The Balaban J connectivity index is 3.47. The SMILES string of the molecule is Nc1c(Cl)ncc(C(F)(F)F)c1C(F)F. The maximum atomic E-state index is 12.3. The second-order valence-electron chi connectivity index (χ2n) is 2.59. The Bertz CT molecular complexity index is 376. The lowest BCUT2D eigenvalue weighted by Crippen LogP contribution is -2.13. The van der Waals surface area contributed by atoms with Gasteiger partial charge in [0.15, 0.2) is 5.15 Å². The van der Waals surface area contributed by atoms with Crippen molar-refractivity contribution in [2.24, 2.45) is 0 Å². The van der Waals surface area contributed by atoms with Crippen LogP contribution in [0, 0.1) is 0 Å². The maximum Gasteiger partial charge on any atom is 0.418 e. The lowest BCUT2D eigenvalue weighted by molar-refractivity contribution is -0.139. The van der Waals surface area contributed by atoms with E-state index in [2.05, 4.69) is 4.98 Å². The highest BCUT2D eigenvalue weighted by Gasteiger charge is 2.38. The number of anilines is 1. The number of halogens is 6. The fraction of sp³-hybridized carbons (Fsp3) is 0.286. The Hall–Kier alpha value is -1.11. The number of nitrogens with zero attached hydrogens (tertiary/aromatic N) is 1. The second-order valence-corrected chi connectivity index (χ2v) is 2.95. The van der Waals surface area contributed by atoms with Gasteiger partial charge in [-0.3, -0.25) is 0 Å². The zero-order valence-corrected chi connectivity index (χ0v) is 7.70. The average molecular weight is 247 g/mol. The number of alkyl halides is 5. The molecule has 0 aliphatic rings. The maximum absolute atomic E-state index is 12.3. The number of nitrogens with two attached hydrogens (primary N) is 1. The minimum atomic E-state index is -4.93. The molecule has 0 aliphatic heterocycles.